The number of hydrogen-bond acceptors (Lipinski definition) is 3. The van der Waals surface area contributed by atoms with E-state index in [9.17, 15) is 0 Å². The van der Waals surface area contributed by atoms with E-state index in [1.807, 2.05) is 48.1 Å². The number of aryl methyl sites for hydroxylation is 1. The summed E-state index contributed by atoms with van der Waals surface area (Å²) in [5.74, 6) is 0.818. The summed E-state index contributed by atoms with van der Waals surface area (Å²) in [4.78, 5) is 8.56. The quantitative estimate of drug-likeness (QED) is 0.788. The number of aromatic nitrogens is 3. The fourth-order valence-electron chi connectivity index (χ4n) is 1.88. The summed E-state index contributed by atoms with van der Waals surface area (Å²) in [7, 11) is 1.97. The monoisotopic (exact) mass is 302 g/mol. The van der Waals surface area contributed by atoms with E-state index in [1.54, 1.807) is 6.33 Å². The van der Waals surface area contributed by atoms with Crippen LogP contribution in [0.15, 0.2) is 47.3 Å². The van der Waals surface area contributed by atoms with Crippen molar-refractivity contribution in [3.05, 3.63) is 47.3 Å². The van der Waals surface area contributed by atoms with Gasteiger partial charge in [0.25, 0.3) is 0 Å². The van der Waals surface area contributed by atoms with E-state index in [1.165, 1.54) is 0 Å². The maximum atomic E-state index is 4.29. The summed E-state index contributed by atoms with van der Waals surface area (Å²) < 4.78 is 3.01. The molecular weight excluding hydrogens is 292 g/mol. The topological polar surface area (TPSA) is 42.7 Å². The number of rotatable bonds is 2. The highest BCUT2D eigenvalue weighted by molar-refractivity contribution is 9.10. The van der Waals surface area contributed by atoms with E-state index < -0.39 is 0 Å². The fraction of sp³-hybridized carbons (Fsp3) is 0.0769. The molecule has 18 heavy (non-hydrogen) atoms. The second-order valence-corrected chi connectivity index (χ2v) is 4.94. The molecule has 3 rings (SSSR count). The molecule has 0 aliphatic carbocycles. The van der Waals surface area contributed by atoms with Gasteiger partial charge in [0.2, 0.25) is 0 Å². The molecule has 0 unspecified atom stereocenters. The van der Waals surface area contributed by atoms with E-state index in [4.69, 9.17) is 0 Å². The molecule has 2 aromatic heterocycles. The number of nitrogens with one attached hydrogen (secondary N) is 1. The van der Waals surface area contributed by atoms with Crippen molar-refractivity contribution in [2.45, 2.75) is 0 Å². The minimum atomic E-state index is 0.818. The van der Waals surface area contributed by atoms with Gasteiger partial charge < -0.3 is 9.88 Å². The number of hydrogen-bond donors (Lipinski definition) is 1. The van der Waals surface area contributed by atoms with Crippen LogP contribution in [0.1, 0.15) is 0 Å². The van der Waals surface area contributed by atoms with Crippen molar-refractivity contribution < 1.29 is 0 Å². The van der Waals surface area contributed by atoms with Crippen LogP contribution in [0.4, 0.5) is 11.5 Å². The largest absolute Gasteiger partial charge is 0.340 e. The first-order valence-corrected chi connectivity index (χ1v) is 6.32. The molecule has 90 valence electrons. The lowest BCUT2D eigenvalue weighted by atomic mass is 10.3. The van der Waals surface area contributed by atoms with Gasteiger partial charge in [-0.15, -0.1) is 0 Å². The molecule has 1 N–H and O–H groups in total. The van der Waals surface area contributed by atoms with Crippen molar-refractivity contribution in [3.8, 4) is 0 Å². The van der Waals surface area contributed by atoms with Crippen molar-refractivity contribution in [2.24, 2.45) is 7.05 Å². The predicted octanol–water partition coefficient (Wildman–Crippen LogP) is 3.47. The summed E-state index contributed by atoms with van der Waals surface area (Å²) in [5.41, 5.74) is 1.91. The van der Waals surface area contributed by atoms with Crippen LogP contribution in [0.3, 0.4) is 0 Å². The van der Waals surface area contributed by atoms with Gasteiger partial charge >= 0.3 is 0 Å². The molecule has 0 atom stereocenters. The van der Waals surface area contributed by atoms with Crippen LogP contribution in [-0.2, 0) is 7.05 Å². The smallest absolute Gasteiger partial charge is 0.145 e. The van der Waals surface area contributed by atoms with Gasteiger partial charge in [-0.1, -0.05) is 22.0 Å². The summed E-state index contributed by atoms with van der Waals surface area (Å²) in [6.07, 6.45) is 3.55. The van der Waals surface area contributed by atoms with Crippen molar-refractivity contribution >= 4 is 38.5 Å². The predicted molar refractivity (Wildman–Crippen MR) is 75.9 cm³/mol. The Morgan fingerprint density at radius 3 is 2.94 bits per heavy atom. The van der Waals surface area contributed by atoms with E-state index >= 15 is 0 Å². The molecule has 0 aliphatic rings. The second kappa shape index (κ2) is 4.42. The number of fused-ring (bicyclic) bond motifs is 1. The maximum absolute atomic E-state index is 4.29. The van der Waals surface area contributed by atoms with Crippen LogP contribution >= 0.6 is 15.9 Å². The van der Waals surface area contributed by atoms with Crippen LogP contribution in [0.2, 0.25) is 0 Å². The van der Waals surface area contributed by atoms with Gasteiger partial charge in [-0.3, -0.25) is 0 Å². The Hall–Kier alpha value is -1.88. The summed E-state index contributed by atoms with van der Waals surface area (Å²) in [5, 5.41) is 4.32. The molecule has 4 nitrogen and oxygen atoms in total. The Morgan fingerprint density at radius 1 is 1.22 bits per heavy atom. The van der Waals surface area contributed by atoms with Crippen LogP contribution < -0.4 is 5.32 Å². The average Bonchev–Trinajstić information content (AvgIpc) is 2.73. The van der Waals surface area contributed by atoms with Gasteiger partial charge in [0.15, 0.2) is 0 Å². The summed E-state index contributed by atoms with van der Waals surface area (Å²) in [6.45, 7) is 0. The molecule has 3 aromatic rings. The third kappa shape index (κ3) is 1.97. The molecule has 0 spiro atoms. The van der Waals surface area contributed by atoms with E-state index in [0.717, 1.165) is 27.0 Å². The zero-order valence-electron chi connectivity index (χ0n) is 9.76. The normalized spacial score (nSPS) is 10.8. The standard InChI is InChI=1S/C13H11BrN4/c1-18-6-5-11-12(15-8-16-13(11)18)17-10-4-2-3-9(14)7-10/h2-8H,1H3,(H,15,16,17). The van der Waals surface area contributed by atoms with Crippen LogP contribution in [0, 0.1) is 0 Å². The number of benzene rings is 1. The maximum Gasteiger partial charge on any atom is 0.145 e. The van der Waals surface area contributed by atoms with Crippen LogP contribution in [0.5, 0.6) is 0 Å². The fourth-order valence-corrected chi connectivity index (χ4v) is 2.28. The number of nitrogens with zero attached hydrogens (tertiary/aromatic N) is 3. The molecule has 1 aromatic carbocycles. The van der Waals surface area contributed by atoms with E-state index in [-0.39, 0.29) is 0 Å². The molecule has 2 heterocycles. The molecule has 0 aliphatic heterocycles. The van der Waals surface area contributed by atoms with Crippen molar-refractivity contribution in [1.82, 2.24) is 14.5 Å². The van der Waals surface area contributed by atoms with Gasteiger partial charge in [-0.2, -0.15) is 0 Å². The van der Waals surface area contributed by atoms with Gasteiger partial charge in [-0.25, -0.2) is 9.97 Å². The second-order valence-electron chi connectivity index (χ2n) is 4.02. The lowest BCUT2D eigenvalue weighted by Crippen LogP contribution is -1.96. The highest BCUT2D eigenvalue weighted by Gasteiger charge is 2.06. The molecule has 0 saturated heterocycles. The lowest BCUT2D eigenvalue weighted by Gasteiger charge is -2.06. The zero-order chi connectivity index (χ0) is 12.5. The molecule has 0 bridgehead atoms. The first-order chi connectivity index (χ1) is 8.74. The minimum Gasteiger partial charge on any atom is -0.340 e. The highest BCUT2D eigenvalue weighted by Crippen LogP contribution is 2.24. The van der Waals surface area contributed by atoms with Crippen molar-refractivity contribution in [2.75, 3.05) is 5.32 Å². The SMILES string of the molecule is Cn1ccc2c(Nc3cccc(Br)c3)ncnc21. The average molecular weight is 303 g/mol. The van der Waals surface area contributed by atoms with Gasteiger partial charge in [-0.05, 0) is 24.3 Å². The third-order valence-corrected chi connectivity index (χ3v) is 3.24. The molecular formula is C13H11BrN4. The van der Waals surface area contributed by atoms with Crippen LogP contribution in [0.25, 0.3) is 11.0 Å². The molecule has 5 heteroatoms. The highest BCUT2D eigenvalue weighted by atomic mass is 79.9. The van der Waals surface area contributed by atoms with Crippen LogP contribution in [-0.4, -0.2) is 14.5 Å². The van der Waals surface area contributed by atoms with Crippen molar-refractivity contribution in [1.29, 1.82) is 0 Å². The third-order valence-electron chi connectivity index (χ3n) is 2.75. The first kappa shape index (κ1) is 11.2. The lowest BCUT2D eigenvalue weighted by molar-refractivity contribution is 0.944. The molecule has 0 radical (unpaired) electrons. The molecule has 0 amide bonds. The van der Waals surface area contributed by atoms with Gasteiger partial charge in [0.1, 0.15) is 17.8 Å². The van der Waals surface area contributed by atoms with Gasteiger partial charge in [0.05, 0.1) is 5.39 Å². The van der Waals surface area contributed by atoms with Crippen molar-refractivity contribution in [3.63, 3.8) is 0 Å². The zero-order valence-corrected chi connectivity index (χ0v) is 11.3. The summed E-state index contributed by atoms with van der Waals surface area (Å²) >= 11 is 3.45. The number of anilines is 2. The first-order valence-electron chi connectivity index (χ1n) is 5.52. The Bertz CT molecular complexity index is 705. The van der Waals surface area contributed by atoms with E-state index in [0.29, 0.717) is 0 Å². The Morgan fingerprint density at radius 2 is 2.11 bits per heavy atom. The Balaban J connectivity index is 2.05. The number of halogens is 1. The summed E-state index contributed by atoms with van der Waals surface area (Å²) in [6, 6.07) is 9.99. The molecule has 0 fully saturated rings. The van der Waals surface area contributed by atoms with E-state index in [2.05, 4.69) is 31.2 Å². The van der Waals surface area contributed by atoms with Gasteiger partial charge in [0, 0.05) is 23.4 Å². The Kier molecular flexibility index (Phi) is 2.76. The minimum absolute atomic E-state index is 0.818. The Labute approximate surface area is 113 Å². The molecule has 0 saturated carbocycles.